The van der Waals surface area contributed by atoms with Gasteiger partial charge in [-0.3, -0.25) is 14.6 Å². The minimum atomic E-state index is -0.123. The lowest BCUT2D eigenvalue weighted by atomic mass is 9.90. The van der Waals surface area contributed by atoms with E-state index in [2.05, 4.69) is 20.5 Å². The highest BCUT2D eigenvalue weighted by molar-refractivity contribution is 5.94. The second kappa shape index (κ2) is 8.17. The van der Waals surface area contributed by atoms with Crippen molar-refractivity contribution < 1.29 is 4.79 Å². The first-order valence-corrected chi connectivity index (χ1v) is 9.56. The molecular weight excluding hydrogens is 352 g/mol. The highest BCUT2D eigenvalue weighted by Crippen LogP contribution is 2.22. The van der Waals surface area contributed by atoms with Gasteiger partial charge in [0.05, 0.1) is 5.69 Å². The van der Waals surface area contributed by atoms with E-state index in [1.165, 1.54) is 0 Å². The van der Waals surface area contributed by atoms with E-state index in [0.717, 1.165) is 53.6 Å². The molecule has 0 atom stereocenters. The molecule has 142 valence electrons. The maximum absolute atomic E-state index is 12.5. The molecular formula is C22H22N4O2. The summed E-state index contributed by atoms with van der Waals surface area (Å²) in [5.41, 5.74) is 5.37. The van der Waals surface area contributed by atoms with Gasteiger partial charge in [0.25, 0.3) is 11.5 Å². The van der Waals surface area contributed by atoms with Crippen LogP contribution in [0.1, 0.15) is 51.1 Å². The normalized spacial score (nSPS) is 13.0. The van der Waals surface area contributed by atoms with Crippen molar-refractivity contribution >= 4 is 5.91 Å². The Kier molecular flexibility index (Phi) is 5.28. The number of hydrogen-bond donors (Lipinski definition) is 2. The summed E-state index contributed by atoms with van der Waals surface area (Å²) in [6.45, 7) is 0.436. The first-order chi connectivity index (χ1) is 13.7. The highest BCUT2D eigenvalue weighted by atomic mass is 16.1. The van der Waals surface area contributed by atoms with Crippen LogP contribution in [-0.4, -0.2) is 21.1 Å². The second-order valence-corrected chi connectivity index (χ2v) is 7.08. The van der Waals surface area contributed by atoms with Gasteiger partial charge in [-0.2, -0.15) is 5.10 Å². The number of aromatic nitrogens is 3. The van der Waals surface area contributed by atoms with Crippen LogP contribution in [-0.2, 0) is 25.8 Å². The molecule has 28 heavy (non-hydrogen) atoms. The Bertz CT molecular complexity index is 1040. The van der Waals surface area contributed by atoms with Crippen molar-refractivity contribution in [2.75, 3.05) is 0 Å². The third kappa shape index (κ3) is 4.01. The van der Waals surface area contributed by atoms with Crippen molar-refractivity contribution in [3.05, 3.63) is 92.7 Å². The smallest absolute Gasteiger partial charge is 0.267 e. The fourth-order valence-electron chi connectivity index (χ4n) is 3.68. The molecule has 1 aromatic carbocycles. The van der Waals surface area contributed by atoms with Crippen LogP contribution in [0.2, 0.25) is 0 Å². The Morgan fingerprint density at radius 2 is 1.89 bits per heavy atom. The maximum Gasteiger partial charge on any atom is 0.267 e. The summed E-state index contributed by atoms with van der Waals surface area (Å²) in [6, 6.07) is 11.3. The van der Waals surface area contributed by atoms with Crippen molar-refractivity contribution in [3.63, 3.8) is 0 Å². The fourth-order valence-corrected chi connectivity index (χ4v) is 3.68. The number of H-pyrrole nitrogens is 1. The van der Waals surface area contributed by atoms with E-state index < -0.39 is 0 Å². The molecule has 0 unspecified atom stereocenters. The standard InChI is InChI=1S/C22H22N4O2/c27-21(24-14-16-6-4-10-23-13-16)17-7-3-5-15(11-17)12-20-18-8-1-2-9-19(18)22(28)26-25-20/h3-7,10-11,13H,1-2,8-9,12,14H2,(H,24,27)(H,26,28). The molecule has 6 heteroatoms. The SMILES string of the molecule is O=C(NCc1cccnc1)c1cccc(Cc2n[nH]c(=O)c3c2CCCC3)c1. The van der Waals surface area contributed by atoms with E-state index in [-0.39, 0.29) is 11.5 Å². The molecule has 1 aliphatic rings. The summed E-state index contributed by atoms with van der Waals surface area (Å²) in [6.07, 6.45) is 7.89. The molecule has 4 rings (SSSR count). The van der Waals surface area contributed by atoms with Crippen LogP contribution in [0, 0.1) is 0 Å². The molecule has 2 heterocycles. The van der Waals surface area contributed by atoms with Gasteiger partial charge in [-0.1, -0.05) is 18.2 Å². The molecule has 1 amide bonds. The Hall–Kier alpha value is -3.28. The maximum atomic E-state index is 12.5. The van der Waals surface area contributed by atoms with Crippen LogP contribution in [0.4, 0.5) is 0 Å². The molecule has 0 radical (unpaired) electrons. The molecule has 0 spiro atoms. The number of carbonyl (C=O) groups is 1. The van der Waals surface area contributed by atoms with Gasteiger partial charge in [0, 0.05) is 36.5 Å². The highest BCUT2D eigenvalue weighted by Gasteiger charge is 2.18. The first-order valence-electron chi connectivity index (χ1n) is 9.56. The molecule has 3 aromatic rings. The summed E-state index contributed by atoms with van der Waals surface area (Å²) < 4.78 is 0. The number of benzene rings is 1. The summed E-state index contributed by atoms with van der Waals surface area (Å²) in [5, 5.41) is 9.85. The Balaban J connectivity index is 1.50. The first kappa shape index (κ1) is 18.1. The van der Waals surface area contributed by atoms with E-state index >= 15 is 0 Å². The van der Waals surface area contributed by atoms with Crippen LogP contribution in [0.3, 0.4) is 0 Å². The lowest BCUT2D eigenvalue weighted by molar-refractivity contribution is 0.0951. The van der Waals surface area contributed by atoms with Crippen molar-refractivity contribution in [1.82, 2.24) is 20.5 Å². The molecule has 0 bridgehead atoms. The minimum absolute atomic E-state index is 0.0676. The number of amides is 1. The molecule has 0 aliphatic heterocycles. The van der Waals surface area contributed by atoms with E-state index in [1.54, 1.807) is 18.5 Å². The van der Waals surface area contributed by atoms with E-state index in [4.69, 9.17) is 0 Å². The molecule has 0 fully saturated rings. The van der Waals surface area contributed by atoms with Crippen molar-refractivity contribution in [1.29, 1.82) is 0 Å². The predicted octanol–water partition coefficient (Wildman–Crippen LogP) is 2.56. The zero-order chi connectivity index (χ0) is 19.3. The molecule has 2 aromatic heterocycles. The van der Waals surface area contributed by atoms with Gasteiger partial charge in [0.2, 0.25) is 0 Å². The van der Waals surface area contributed by atoms with Crippen LogP contribution in [0.25, 0.3) is 0 Å². The Morgan fingerprint density at radius 3 is 2.71 bits per heavy atom. The summed E-state index contributed by atoms with van der Waals surface area (Å²) in [4.78, 5) is 28.6. The third-order valence-corrected chi connectivity index (χ3v) is 5.12. The number of carbonyl (C=O) groups excluding carboxylic acids is 1. The summed E-state index contributed by atoms with van der Waals surface area (Å²) >= 11 is 0. The van der Waals surface area contributed by atoms with Gasteiger partial charge in [-0.25, -0.2) is 5.10 Å². The molecule has 0 saturated heterocycles. The molecule has 1 aliphatic carbocycles. The number of pyridine rings is 1. The fraction of sp³-hybridized carbons (Fsp3) is 0.273. The van der Waals surface area contributed by atoms with Crippen molar-refractivity contribution in [3.8, 4) is 0 Å². The minimum Gasteiger partial charge on any atom is -0.348 e. The van der Waals surface area contributed by atoms with E-state index in [1.807, 2.05) is 30.3 Å². The average Bonchev–Trinajstić information content (AvgIpc) is 2.75. The predicted molar refractivity (Wildman–Crippen MR) is 106 cm³/mol. The number of nitrogens with one attached hydrogen (secondary N) is 2. The van der Waals surface area contributed by atoms with Crippen LogP contribution < -0.4 is 10.9 Å². The Morgan fingerprint density at radius 1 is 1.07 bits per heavy atom. The summed E-state index contributed by atoms with van der Waals surface area (Å²) in [7, 11) is 0. The number of fused-ring (bicyclic) bond motifs is 1. The zero-order valence-corrected chi connectivity index (χ0v) is 15.6. The van der Waals surface area contributed by atoms with E-state index in [0.29, 0.717) is 18.5 Å². The topological polar surface area (TPSA) is 87.7 Å². The Labute approximate surface area is 163 Å². The number of aromatic amines is 1. The lowest BCUT2D eigenvalue weighted by Gasteiger charge is -2.17. The quantitative estimate of drug-likeness (QED) is 0.718. The van der Waals surface area contributed by atoms with Gasteiger partial charge in [0.15, 0.2) is 0 Å². The third-order valence-electron chi connectivity index (χ3n) is 5.12. The van der Waals surface area contributed by atoms with E-state index in [9.17, 15) is 9.59 Å². The monoisotopic (exact) mass is 374 g/mol. The number of hydrogen-bond acceptors (Lipinski definition) is 4. The van der Waals surface area contributed by atoms with Crippen LogP contribution in [0.15, 0.2) is 53.6 Å². The zero-order valence-electron chi connectivity index (χ0n) is 15.6. The van der Waals surface area contributed by atoms with Gasteiger partial charge in [-0.05, 0) is 60.6 Å². The molecule has 2 N–H and O–H groups in total. The number of rotatable bonds is 5. The van der Waals surface area contributed by atoms with Crippen LogP contribution in [0.5, 0.6) is 0 Å². The van der Waals surface area contributed by atoms with Crippen LogP contribution >= 0.6 is 0 Å². The molecule has 6 nitrogen and oxygen atoms in total. The average molecular weight is 374 g/mol. The van der Waals surface area contributed by atoms with Gasteiger partial charge in [-0.15, -0.1) is 0 Å². The lowest BCUT2D eigenvalue weighted by Crippen LogP contribution is -2.23. The van der Waals surface area contributed by atoms with Crippen molar-refractivity contribution in [2.24, 2.45) is 0 Å². The van der Waals surface area contributed by atoms with Gasteiger partial charge >= 0.3 is 0 Å². The largest absolute Gasteiger partial charge is 0.348 e. The second-order valence-electron chi connectivity index (χ2n) is 7.08. The van der Waals surface area contributed by atoms with Crippen molar-refractivity contribution in [2.45, 2.75) is 38.6 Å². The number of nitrogens with zero attached hydrogens (tertiary/aromatic N) is 2. The van der Waals surface area contributed by atoms with Gasteiger partial charge < -0.3 is 5.32 Å². The summed E-state index contributed by atoms with van der Waals surface area (Å²) in [5.74, 6) is -0.123. The molecule has 0 saturated carbocycles. The van der Waals surface area contributed by atoms with Gasteiger partial charge in [0.1, 0.15) is 0 Å².